The molecule has 0 aliphatic carbocycles. The van der Waals surface area contributed by atoms with Crippen LogP contribution in [-0.2, 0) is 0 Å². The van der Waals surface area contributed by atoms with Crippen molar-refractivity contribution in [2.75, 3.05) is 23.3 Å². The number of amides is 1. The Morgan fingerprint density at radius 3 is 2.59 bits per heavy atom. The Morgan fingerprint density at radius 1 is 1.19 bits per heavy atom. The summed E-state index contributed by atoms with van der Waals surface area (Å²) in [5.41, 5.74) is 3.41. The van der Waals surface area contributed by atoms with Crippen molar-refractivity contribution in [1.29, 1.82) is 0 Å². The highest BCUT2D eigenvalue weighted by Gasteiger charge is 2.19. The van der Waals surface area contributed by atoms with Gasteiger partial charge in [0.15, 0.2) is 5.11 Å². The lowest BCUT2D eigenvalue weighted by molar-refractivity contribution is 0.0978. The van der Waals surface area contributed by atoms with Crippen LogP contribution in [0.15, 0.2) is 42.5 Å². The van der Waals surface area contributed by atoms with Crippen LogP contribution in [0.4, 0.5) is 11.4 Å². The van der Waals surface area contributed by atoms with Crippen LogP contribution < -0.4 is 15.5 Å². The molecule has 3 rings (SSSR count). The number of para-hydroxylation sites is 2. The van der Waals surface area contributed by atoms with Crippen LogP contribution in [0.5, 0.6) is 0 Å². The highest BCUT2D eigenvalue weighted by atomic mass is 35.5. The predicted octanol–water partition coefficient (Wildman–Crippen LogP) is 5.01. The topological polar surface area (TPSA) is 44.4 Å². The first-order chi connectivity index (χ1) is 12.9. The maximum Gasteiger partial charge on any atom is 0.258 e. The second-order valence-corrected chi connectivity index (χ2v) is 7.89. The molecule has 0 aromatic heterocycles. The van der Waals surface area contributed by atoms with Crippen molar-refractivity contribution in [1.82, 2.24) is 5.32 Å². The monoisotopic (exact) mass is 401 g/mol. The minimum atomic E-state index is -0.318. The van der Waals surface area contributed by atoms with Gasteiger partial charge >= 0.3 is 0 Å². The van der Waals surface area contributed by atoms with Gasteiger partial charge in [-0.1, -0.05) is 36.7 Å². The molecule has 1 saturated heterocycles. The molecule has 2 N–H and O–H groups in total. The van der Waals surface area contributed by atoms with Crippen LogP contribution in [0.1, 0.15) is 35.7 Å². The number of rotatable bonds is 3. The largest absolute Gasteiger partial charge is 0.370 e. The van der Waals surface area contributed by atoms with Crippen LogP contribution in [-0.4, -0.2) is 24.1 Å². The third kappa shape index (κ3) is 4.99. The minimum Gasteiger partial charge on any atom is -0.370 e. The van der Waals surface area contributed by atoms with Gasteiger partial charge < -0.3 is 10.2 Å². The van der Waals surface area contributed by atoms with Gasteiger partial charge in [0.2, 0.25) is 0 Å². The van der Waals surface area contributed by atoms with Gasteiger partial charge in [0, 0.05) is 13.1 Å². The number of halogens is 1. The minimum absolute atomic E-state index is 0.259. The van der Waals surface area contributed by atoms with Crippen molar-refractivity contribution >= 4 is 46.2 Å². The van der Waals surface area contributed by atoms with E-state index >= 15 is 0 Å². The third-order valence-electron chi connectivity index (χ3n) is 4.87. The van der Waals surface area contributed by atoms with Crippen molar-refractivity contribution in [3.63, 3.8) is 0 Å². The number of hydrogen-bond donors (Lipinski definition) is 2. The zero-order valence-corrected chi connectivity index (χ0v) is 17.2. The summed E-state index contributed by atoms with van der Waals surface area (Å²) in [4.78, 5) is 14.8. The lowest BCUT2D eigenvalue weighted by Gasteiger charge is -2.33. The van der Waals surface area contributed by atoms with Crippen molar-refractivity contribution in [3.05, 3.63) is 58.6 Å². The van der Waals surface area contributed by atoms with Gasteiger partial charge in [-0.25, -0.2) is 0 Å². The quantitative estimate of drug-likeness (QED) is 0.709. The van der Waals surface area contributed by atoms with Crippen LogP contribution in [0.25, 0.3) is 0 Å². The molecule has 0 saturated carbocycles. The summed E-state index contributed by atoms with van der Waals surface area (Å²) in [5.74, 6) is 0.447. The number of thiocarbonyl (C=S) groups is 1. The van der Waals surface area contributed by atoms with Crippen molar-refractivity contribution < 1.29 is 4.79 Å². The fourth-order valence-corrected chi connectivity index (χ4v) is 3.76. The lowest BCUT2D eigenvalue weighted by atomic mass is 9.98. The van der Waals surface area contributed by atoms with E-state index in [1.807, 2.05) is 31.2 Å². The summed E-state index contributed by atoms with van der Waals surface area (Å²) in [6.45, 7) is 6.27. The second kappa shape index (κ2) is 8.72. The Bertz CT molecular complexity index is 847. The van der Waals surface area contributed by atoms with Gasteiger partial charge in [0.05, 0.1) is 22.0 Å². The molecular weight excluding hydrogens is 378 g/mol. The molecule has 0 spiro atoms. The molecule has 1 amide bonds. The second-order valence-electron chi connectivity index (χ2n) is 7.08. The summed E-state index contributed by atoms with van der Waals surface area (Å²) in [6.07, 6.45) is 2.36. The molecule has 4 nitrogen and oxygen atoms in total. The summed E-state index contributed by atoms with van der Waals surface area (Å²) in [7, 11) is 0. The van der Waals surface area contributed by atoms with Gasteiger partial charge in [-0.05, 0) is 67.7 Å². The van der Waals surface area contributed by atoms with Gasteiger partial charge in [-0.2, -0.15) is 0 Å². The number of aryl methyl sites for hydroxylation is 1. The molecule has 2 aromatic rings. The predicted molar refractivity (Wildman–Crippen MR) is 117 cm³/mol. The highest BCUT2D eigenvalue weighted by Crippen LogP contribution is 2.29. The van der Waals surface area contributed by atoms with E-state index in [0.717, 1.165) is 35.9 Å². The Hall–Kier alpha value is -2.11. The van der Waals surface area contributed by atoms with E-state index in [-0.39, 0.29) is 11.0 Å². The molecular formula is C21H24ClN3OS. The van der Waals surface area contributed by atoms with Crippen LogP contribution >= 0.6 is 23.8 Å². The smallest absolute Gasteiger partial charge is 0.258 e. The van der Waals surface area contributed by atoms with E-state index in [1.54, 1.807) is 12.1 Å². The van der Waals surface area contributed by atoms with Crippen LogP contribution in [0.2, 0.25) is 5.02 Å². The Labute approximate surface area is 170 Å². The molecule has 2 aromatic carbocycles. The van der Waals surface area contributed by atoms with Crippen LogP contribution in [0, 0.1) is 12.8 Å². The number of nitrogens with one attached hydrogen (secondary N) is 2. The molecule has 1 aliphatic heterocycles. The highest BCUT2D eigenvalue weighted by molar-refractivity contribution is 7.80. The van der Waals surface area contributed by atoms with Gasteiger partial charge in [-0.3, -0.25) is 10.1 Å². The number of hydrogen-bond acceptors (Lipinski definition) is 3. The molecule has 27 heavy (non-hydrogen) atoms. The average molecular weight is 402 g/mol. The number of nitrogens with zero attached hydrogens (tertiary/aromatic N) is 1. The number of carbonyl (C=O) groups excluding carboxylic acids is 1. The van der Waals surface area contributed by atoms with Gasteiger partial charge in [0.25, 0.3) is 5.91 Å². The SMILES string of the molecule is Cc1ccc(C(=O)NC(=S)Nc2ccccc2N2CCC(C)CC2)c(Cl)c1. The first kappa shape index (κ1) is 19.6. The zero-order chi connectivity index (χ0) is 19.4. The fourth-order valence-electron chi connectivity index (χ4n) is 3.23. The number of benzene rings is 2. The Balaban J connectivity index is 1.68. The number of piperidine rings is 1. The standard InChI is InChI=1S/C21H24ClN3OS/c1-14-9-11-25(12-10-14)19-6-4-3-5-18(19)23-21(27)24-20(26)16-8-7-15(2)13-17(16)22/h3-8,13-14H,9-12H2,1-2H3,(H2,23,24,26,27). The molecule has 1 aliphatic rings. The molecule has 6 heteroatoms. The van der Waals surface area contributed by atoms with Crippen molar-refractivity contribution in [3.8, 4) is 0 Å². The molecule has 0 bridgehead atoms. The van der Waals surface area contributed by atoms with E-state index in [0.29, 0.717) is 10.6 Å². The lowest BCUT2D eigenvalue weighted by Crippen LogP contribution is -2.36. The van der Waals surface area contributed by atoms with E-state index in [1.165, 1.54) is 12.8 Å². The summed E-state index contributed by atoms with van der Waals surface area (Å²) < 4.78 is 0. The van der Waals surface area contributed by atoms with Crippen molar-refractivity contribution in [2.45, 2.75) is 26.7 Å². The van der Waals surface area contributed by atoms with E-state index in [4.69, 9.17) is 23.8 Å². The Kier molecular flexibility index (Phi) is 6.34. The maximum atomic E-state index is 12.5. The molecule has 1 heterocycles. The Morgan fingerprint density at radius 2 is 1.89 bits per heavy atom. The number of anilines is 2. The first-order valence-electron chi connectivity index (χ1n) is 9.16. The van der Waals surface area contributed by atoms with Crippen molar-refractivity contribution in [2.24, 2.45) is 5.92 Å². The summed E-state index contributed by atoms with van der Waals surface area (Å²) in [6, 6.07) is 13.4. The van der Waals surface area contributed by atoms with Gasteiger partial charge in [-0.15, -0.1) is 0 Å². The average Bonchev–Trinajstić information content (AvgIpc) is 2.62. The molecule has 0 unspecified atom stereocenters. The van der Waals surface area contributed by atoms with Gasteiger partial charge in [0.1, 0.15) is 0 Å². The molecule has 1 fully saturated rings. The van der Waals surface area contributed by atoms with Crippen LogP contribution in [0.3, 0.4) is 0 Å². The first-order valence-corrected chi connectivity index (χ1v) is 9.95. The summed E-state index contributed by atoms with van der Waals surface area (Å²) >= 11 is 11.5. The zero-order valence-electron chi connectivity index (χ0n) is 15.6. The molecule has 142 valence electrons. The van der Waals surface area contributed by atoms with E-state index < -0.39 is 0 Å². The maximum absolute atomic E-state index is 12.5. The number of carbonyl (C=O) groups is 1. The molecule has 0 radical (unpaired) electrons. The normalized spacial score (nSPS) is 14.7. The van der Waals surface area contributed by atoms with E-state index in [2.05, 4.69) is 28.5 Å². The van der Waals surface area contributed by atoms with E-state index in [9.17, 15) is 4.79 Å². The molecule has 0 atom stereocenters. The third-order valence-corrected chi connectivity index (χ3v) is 5.39. The fraction of sp³-hybridized carbons (Fsp3) is 0.333. The summed E-state index contributed by atoms with van der Waals surface area (Å²) in [5, 5.41) is 6.56.